The number of aliphatic hydroxyl groups is 1. The molecule has 15 heavy (non-hydrogen) atoms. The third-order valence-electron chi connectivity index (χ3n) is 4.34. The van der Waals surface area contributed by atoms with Gasteiger partial charge >= 0.3 is 0 Å². The van der Waals surface area contributed by atoms with Gasteiger partial charge in [-0.05, 0) is 49.5 Å². The van der Waals surface area contributed by atoms with Crippen molar-refractivity contribution in [2.75, 3.05) is 0 Å². The predicted molar refractivity (Wildman–Crippen MR) is 57.2 cm³/mol. The summed E-state index contributed by atoms with van der Waals surface area (Å²) in [5.74, 6) is 2.63. The minimum atomic E-state index is -0.312. The van der Waals surface area contributed by atoms with E-state index in [0.717, 1.165) is 29.7 Å². The maximum atomic E-state index is 10.0. The normalized spacial score (nSPS) is 35.9. The van der Waals surface area contributed by atoms with Crippen LogP contribution in [-0.4, -0.2) is 5.11 Å². The lowest BCUT2D eigenvalue weighted by molar-refractivity contribution is 0.125. The van der Waals surface area contributed by atoms with Gasteiger partial charge in [0.25, 0.3) is 0 Å². The first-order valence-electron chi connectivity index (χ1n) is 6.03. The summed E-state index contributed by atoms with van der Waals surface area (Å²) in [6.45, 7) is 0. The lowest BCUT2D eigenvalue weighted by Gasteiger charge is -2.23. The van der Waals surface area contributed by atoms with E-state index in [4.69, 9.17) is 4.42 Å². The van der Waals surface area contributed by atoms with E-state index in [1.54, 1.807) is 12.5 Å². The maximum absolute atomic E-state index is 10.0. The van der Waals surface area contributed by atoms with Crippen molar-refractivity contribution in [1.29, 1.82) is 0 Å². The molecule has 3 rings (SSSR count). The second-order valence-electron chi connectivity index (χ2n) is 5.24. The highest BCUT2D eigenvalue weighted by atomic mass is 16.3. The van der Waals surface area contributed by atoms with Crippen LogP contribution < -0.4 is 0 Å². The van der Waals surface area contributed by atoms with E-state index in [9.17, 15) is 5.11 Å². The Balaban J connectivity index is 1.62. The molecule has 2 bridgehead atoms. The molecule has 82 valence electrons. The van der Waals surface area contributed by atoms with Crippen molar-refractivity contribution in [3.63, 3.8) is 0 Å². The highest BCUT2D eigenvalue weighted by Gasteiger charge is 2.40. The van der Waals surface area contributed by atoms with Gasteiger partial charge in [-0.3, -0.25) is 0 Å². The number of rotatable bonds is 3. The lowest BCUT2D eigenvalue weighted by atomic mass is 9.84. The molecule has 4 atom stereocenters. The van der Waals surface area contributed by atoms with Gasteiger partial charge < -0.3 is 9.52 Å². The van der Waals surface area contributed by atoms with Crippen molar-refractivity contribution in [3.8, 4) is 0 Å². The van der Waals surface area contributed by atoms with E-state index >= 15 is 0 Å². The van der Waals surface area contributed by atoms with Crippen LogP contribution in [0.1, 0.15) is 43.8 Å². The molecule has 0 saturated heterocycles. The van der Waals surface area contributed by atoms with Crippen molar-refractivity contribution in [2.24, 2.45) is 17.8 Å². The van der Waals surface area contributed by atoms with Gasteiger partial charge in [-0.15, -0.1) is 0 Å². The van der Waals surface area contributed by atoms with Crippen molar-refractivity contribution in [3.05, 3.63) is 24.2 Å². The molecule has 2 aliphatic carbocycles. The summed E-state index contributed by atoms with van der Waals surface area (Å²) in [7, 11) is 0. The number of hydrogen-bond donors (Lipinski definition) is 1. The predicted octanol–water partition coefficient (Wildman–Crippen LogP) is 3.14. The second kappa shape index (κ2) is 3.67. The van der Waals surface area contributed by atoms with Crippen molar-refractivity contribution in [2.45, 2.75) is 38.2 Å². The molecular formula is C13H18O2. The van der Waals surface area contributed by atoms with Crippen molar-refractivity contribution in [1.82, 2.24) is 0 Å². The smallest absolute Gasteiger partial charge is 0.0960 e. The summed E-state index contributed by atoms with van der Waals surface area (Å²) in [5.41, 5.74) is 0.942. The highest BCUT2D eigenvalue weighted by molar-refractivity contribution is 5.09. The molecule has 2 fully saturated rings. The molecular weight excluding hydrogens is 188 g/mol. The van der Waals surface area contributed by atoms with Crippen LogP contribution in [0.3, 0.4) is 0 Å². The molecule has 0 aromatic carbocycles. The van der Waals surface area contributed by atoms with Gasteiger partial charge in [0.2, 0.25) is 0 Å². The Morgan fingerprint density at radius 3 is 2.93 bits per heavy atom. The molecule has 0 aliphatic heterocycles. The Kier molecular flexibility index (Phi) is 2.32. The van der Waals surface area contributed by atoms with Crippen LogP contribution in [0.25, 0.3) is 0 Å². The number of fused-ring (bicyclic) bond motifs is 2. The van der Waals surface area contributed by atoms with Crippen LogP contribution in [0.5, 0.6) is 0 Å². The largest absolute Gasteiger partial charge is 0.472 e. The zero-order chi connectivity index (χ0) is 10.3. The van der Waals surface area contributed by atoms with Crippen molar-refractivity contribution >= 4 is 0 Å². The van der Waals surface area contributed by atoms with E-state index in [1.165, 1.54) is 25.7 Å². The van der Waals surface area contributed by atoms with Crippen LogP contribution in [0.2, 0.25) is 0 Å². The maximum Gasteiger partial charge on any atom is 0.0960 e. The van der Waals surface area contributed by atoms with Gasteiger partial charge in [0.1, 0.15) is 0 Å². The molecule has 2 nitrogen and oxygen atoms in total. The molecule has 1 aromatic rings. The van der Waals surface area contributed by atoms with E-state index in [1.807, 2.05) is 6.07 Å². The zero-order valence-corrected chi connectivity index (χ0v) is 8.93. The third-order valence-corrected chi connectivity index (χ3v) is 4.34. The van der Waals surface area contributed by atoms with Crippen molar-refractivity contribution < 1.29 is 9.52 Å². The SMILES string of the molecule is OC(CC1CC2CCC1C2)c1ccoc1. The summed E-state index contributed by atoms with van der Waals surface area (Å²) in [6, 6.07) is 1.87. The Morgan fingerprint density at radius 1 is 1.40 bits per heavy atom. The van der Waals surface area contributed by atoms with Gasteiger partial charge in [0.05, 0.1) is 18.6 Å². The van der Waals surface area contributed by atoms with E-state index < -0.39 is 0 Å². The second-order valence-corrected chi connectivity index (χ2v) is 5.24. The average Bonchev–Trinajstić information content (AvgIpc) is 2.95. The number of aliphatic hydroxyl groups excluding tert-OH is 1. The molecule has 0 spiro atoms. The summed E-state index contributed by atoms with van der Waals surface area (Å²) in [5, 5.41) is 10.0. The summed E-state index contributed by atoms with van der Waals surface area (Å²) < 4.78 is 5.00. The van der Waals surface area contributed by atoms with E-state index in [2.05, 4.69) is 0 Å². The molecule has 1 aromatic heterocycles. The van der Waals surface area contributed by atoms with Crippen LogP contribution in [-0.2, 0) is 0 Å². The average molecular weight is 206 g/mol. The molecule has 2 heteroatoms. The minimum absolute atomic E-state index is 0.312. The third kappa shape index (κ3) is 1.71. The molecule has 0 radical (unpaired) electrons. The fourth-order valence-corrected chi connectivity index (χ4v) is 3.55. The molecule has 2 aliphatic rings. The molecule has 1 N–H and O–H groups in total. The summed E-state index contributed by atoms with van der Waals surface area (Å²) in [4.78, 5) is 0. The number of hydrogen-bond acceptors (Lipinski definition) is 2. The van der Waals surface area contributed by atoms with Gasteiger partial charge in [0, 0.05) is 5.56 Å². The monoisotopic (exact) mass is 206 g/mol. The first kappa shape index (κ1) is 9.46. The minimum Gasteiger partial charge on any atom is -0.472 e. The first-order valence-corrected chi connectivity index (χ1v) is 6.03. The standard InChI is InChI=1S/C13H18O2/c14-13(11-3-4-15-8-11)7-12-6-9-1-2-10(12)5-9/h3-4,8-10,12-14H,1-2,5-7H2. The zero-order valence-electron chi connectivity index (χ0n) is 8.93. The van der Waals surface area contributed by atoms with E-state index in [0.29, 0.717) is 0 Å². The Bertz CT molecular complexity index is 317. The quantitative estimate of drug-likeness (QED) is 0.824. The van der Waals surface area contributed by atoms with Crippen LogP contribution in [0.4, 0.5) is 0 Å². The van der Waals surface area contributed by atoms with E-state index in [-0.39, 0.29) is 6.10 Å². The Morgan fingerprint density at radius 2 is 2.33 bits per heavy atom. The molecule has 2 saturated carbocycles. The molecule has 1 heterocycles. The summed E-state index contributed by atoms with van der Waals surface area (Å²) >= 11 is 0. The highest BCUT2D eigenvalue weighted by Crippen LogP contribution is 2.50. The topological polar surface area (TPSA) is 33.4 Å². The van der Waals surface area contributed by atoms with Gasteiger partial charge in [-0.25, -0.2) is 0 Å². The molecule has 4 unspecified atom stereocenters. The van der Waals surface area contributed by atoms with Gasteiger partial charge in [-0.1, -0.05) is 6.42 Å². The van der Waals surface area contributed by atoms with Crippen LogP contribution in [0.15, 0.2) is 23.0 Å². The van der Waals surface area contributed by atoms with Gasteiger partial charge in [0.15, 0.2) is 0 Å². The molecule has 0 amide bonds. The first-order chi connectivity index (χ1) is 7.33. The fraction of sp³-hybridized carbons (Fsp3) is 0.692. The van der Waals surface area contributed by atoms with Crippen LogP contribution >= 0.6 is 0 Å². The fourth-order valence-electron chi connectivity index (χ4n) is 3.55. The lowest BCUT2D eigenvalue weighted by Crippen LogP contribution is -2.14. The van der Waals surface area contributed by atoms with Crippen LogP contribution in [0, 0.1) is 17.8 Å². The van der Waals surface area contributed by atoms with Gasteiger partial charge in [-0.2, -0.15) is 0 Å². The Hall–Kier alpha value is -0.760. The Labute approximate surface area is 90.3 Å². The summed E-state index contributed by atoms with van der Waals surface area (Å²) in [6.07, 6.45) is 9.52. The number of furan rings is 1.